The maximum absolute atomic E-state index is 12.9. The highest BCUT2D eigenvalue weighted by atomic mass is 32.1. The Morgan fingerprint density at radius 2 is 2.00 bits per heavy atom. The first-order valence-electron chi connectivity index (χ1n) is 5.79. The van der Waals surface area contributed by atoms with Crippen LogP contribution in [-0.2, 0) is 4.79 Å². The smallest absolute Gasteiger partial charge is 0.243 e. The predicted molar refractivity (Wildman–Crippen MR) is 73.9 cm³/mol. The van der Waals surface area contributed by atoms with Crippen molar-refractivity contribution in [2.45, 2.75) is 13.3 Å². The summed E-state index contributed by atoms with van der Waals surface area (Å²) < 4.78 is 25.6. The molecule has 104 valence electrons. The van der Waals surface area contributed by atoms with Gasteiger partial charge in [0.25, 0.3) is 0 Å². The minimum absolute atomic E-state index is 0.0471. The zero-order chi connectivity index (χ0) is 14.3. The quantitative estimate of drug-likeness (QED) is 0.723. The fourth-order valence-corrected chi connectivity index (χ4v) is 1.41. The largest absolute Gasteiger partial charge is 0.363 e. The number of hydrogen-bond acceptors (Lipinski definition) is 2. The SMILES string of the molecule is CCCNC(=S)NCC(=O)Nc1ccc(F)c(F)c1. The zero-order valence-corrected chi connectivity index (χ0v) is 11.2. The number of nitrogens with one attached hydrogen (secondary N) is 3. The van der Waals surface area contributed by atoms with Crippen LogP contribution in [0.15, 0.2) is 18.2 Å². The van der Waals surface area contributed by atoms with Crippen LogP contribution in [0, 0.1) is 11.6 Å². The van der Waals surface area contributed by atoms with Crippen molar-refractivity contribution in [1.82, 2.24) is 10.6 Å². The lowest BCUT2D eigenvalue weighted by Gasteiger charge is -2.10. The Labute approximate surface area is 115 Å². The molecule has 0 aliphatic heterocycles. The molecule has 0 radical (unpaired) electrons. The van der Waals surface area contributed by atoms with Crippen molar-refractivity contribution in [2.75, 3.05) is 18.4 Å². The molecule has 0 bridgehead atoms. The number of thiocarbonyl (C=S) groups is 1. The van der Waals surface area contributed by atoms with E-state index in [0.29, 0.717) is 5.11 Å². The van der Waals surface area contributed by atoms with Gasteiger partial charge in [0, 0.05) is 18.3 Å². The lowest BCUT2D eigenvalue weighted by Crippen LogP contribution is -2.40. The average molecular weight is 287 g/mol. The summed E-state index contributed by atoms with van der Waals surface area (Å²) in [6, 6.07) is 3.15. The minimum Gasteiger partial charge on any atom is -0.363 e. The molecular formula is C12H15F2N3OS. The van der Waals surface area contributed by atoms with Gasteiger partial charge in [-0.2, -0.15) is 0 Å². The van der Waals surface area contributed by atoms with Crippen molar-refractivity contribution in [3.05, 3.63) is 29.8 Å². The van der Waals surface area contributed by atoms with E-state index in [1.807, 2.05) is 6.92 Å². The van der Waals surface area contributed by atoms with E-state index < -0.39 is 17.5 Å². The molecule has 0 aromatic heterocycles. The molecule has 0 saturated heterocycles. The van der Waals surface area contributed by atoms with Gasteiger partial charge in [0.05, 0.1) is 6.54 Å². The van der Waals surface area contributed by atoms with Crippen molar-refractivity contribution in [2.24, 2.45) is 0 Å². The van der Waals surface area contributed by atoms with Gasteiger partial charge in [-0.05, 0) is 30.8 Å². The number of anilines is 1. The Hall–Kier alpha value is -1.76. The molecule has 1 amide bonds. The maximum Gasteiger partial charge on any atom is 0.243 e. The van der Waals surface area contributed by atoms with Crippen molar-refractivity contribution in [3.8, 4) is 0 Å². The number of hydrogen-bond donors (Lipinski definition) is 3. The summed E-state index contributed by atoms with van der Waals surface area (Å²) in [4.78, 5) is 11.5. The topological polar surface area (TPSA) is 53.2 Å². The summed E-state index contributed by atoms with van der Waals surface area (Å²) in [5.41, 5.74) is 0.193. The van der Waals surface area contributed by atoms with Crippen LogP contribution in [-0.4, -0.2) is 24.1 Å². The number of amides is 1. The summed E-state index contributed by atoms with van der Waals surface area (Å²) >= 11 is 4.93. The van der Waals surface area contributed by atoms with Crippen LogP contribution in [0.2, 0.25) is 0 Å². The first-order valence-corrected chi connectivity index (χ1v) is 6.20. The number of benzene rings is 1. The predicted octanol–water partition coefficient (Wildman–Crippen LogP) is 1.78. The zero-order valence-electron chi connectivity index (χ0n) is 10.4. The first-order chi connectivity index (χ1) is 9.02. The molecule has 1 aromatic carbocycles. The Morgan fingerprint density at radius 3 is 2.63 bits per heavy atom. The second-order valence-electron chi connectivity index (χ2n) is 3.79. The van der Waals surface area contributed by atoms with E-state index in [1.165, 1.54) is 6.07 Å². The van der Waals surface area contributed by atoms with Gasteiger partial charge < -0.3 is 16.0 Å². The maximum atomic E-state index is 12.9. The van der Waals surface area contributed by atoms with Gasteiger partial charge >= 0.3 is 0 Å². The molecule has 1 aromatic rings. The summed E-state index contributed by atoms with van der Waals surface area (Å²) in [6.07, 6.45) is 0.920. The molecule has 3 N–H and O–H groups in total. The van der Waals surface area contributed by atoms with Crippen molar-refractivity contribution >= 4 is 28.9 Å². The number of halogens is 2. The van der Waals surface area contributed by atoms with E-state index >= 15 is 0 Å². The first kappa shape index (κ1) is 15.3. The Bertz CT molecular complexity index is 468. The molecule has 0 aliphatic carbocycles. The van der Waals surface area contributed by atoms with Gasteiger partial charge in [-0.15, -0.1) is 0 Å². The molecule has 0 saturated carbocycles. The third kappa shape index (κ3) is 5.60. The lowest BCUT2D eigenvalue weighted by molar-refractivity contribution is -0.115. The molecule has 4 nitrogen and oxygen atoms in total. The van der Waals surface area contributed by atoms with Gasteiger partial charge in [-0.1, -0.05) is 6.92 Å². The fourth-order valence-electron chi connectivity index (χ4n) is 1.24. The summed E-state index contributed by atoms with van der Waals surface area (Å²) in [6.45, 7) is 2.66. The Balaban J connectivity index is 2.38. The van der Waals surface area contributed by atoms with Crippen LogP contribution in [0.4, 0.5) is 14.5 Å². The van der Waals surface area contributed by atoms with E-state index in [2.05, 4.69) is 16.0 Å². The standard InChI is InChI=1S/C12H15F2N3OS/c1-2-5-15-12(19)16-7-11(18)17-8-3-4-9(13)10(14)6-8/h3-4,6H,2,5,7H2,1H3,(H,17,18)(H2,15,16,19). The lowest BCUT2D eigenvalue weighted by atomic mass is 10.3. The molecular weight excluding hydrogens is 272 g/mol. The second kappa shape index (κ2) is 7.63. The fraction of sp³-hybridized carbons (Fsp3) is 0.333. The van der Waals surface area contributed by atoms with Gasteiger partial charge in [-0.3, -0.25) is 4.79 Å². The highest BCUT2D eigenvalue weighted by Crippen LogP contribution is 2.12. The van der Waals surface area contributed by atoms with Crippen molar-refractivity contribution < 1.29 is 13.6 Å². The molecule has 0 heterocycles. The molecule has 0 aliphatic rings. The van der Waals surface area contributed by atoms with Gasteiger partial charge in [0.1, 0.15) is 0 Å². The average Bonchev–Trinajstić information content (AvgIpc) is 2.38. The van der Waals surface area contributed by atoms with Gasteiger partial charge in [-0.25, -0.2) is 8.78 Å². The van der Waals surface area contributed by atoms with Crippen LogP contribution < -0.4 is 16.0 Å². The van der Waals surface area contributed by atoms with Crippen molar-refractivity contribution in [3.63, 3.8) is 0 Å². The van der Waals surface area contributed by atoms with Crippen LogP contribution in [0.5, 0.6) is 0 Å². The Morgan fingerprint density at radius 1 is 1.26 bits per heavy atom. The van der Waals surface area contributed by atoms with Gasteiger partial charge in [0.15, 0.2) is 16.7 Å². The normalized spacial score (nSPS) is 9.84. The number of rotatable bonds is 5. The molecule has 19 heavy (non-hydrogen) atoms. The molecule has 7 heteroatoms. The van der Waals surface area contributed by atoms with E-state index in [4.69, 9.17) is 12.2 Å². The van der Waals surface area contributed by atoms with Crippen LogP contribution in [0.25, 0.3) is 0 Å². The summed E-state index contributed by atoms with van der Waals surface area (Å²) in [5.74, 6) is -2.36. The highest BCUT2D eigenvalue weighted by molar-refractivity contribution is 7.80. The molecule has 1 rings (SSSR count). The molecule has 0 unspecified atom stereocenters. The number of carbonyl (C=O) groups is 1. The number of carbonyl (C=O) groups excluding carboxylic acids is 1. The van der Waals surface area contributed by atoms with E-state index in [0.717, 1.165) is 25.1 Å². The van der Waals surface area contributed by atoms with Gasteiger partial charge in [0.2, 0.25) is 5.91 Å². The monoisotopic (exact) mass is 287 g/mol. The van der Waals surface area contributed by atoms with Crippen LogP contribution >= 0.6 is 12.2 Å². The third-order valence-electron chi connectivity index (χ3n) is 2.15. The molecule has 0 atom stereocenters. The molecule has 0 spiro atoms. The van der Waals surface area contributed by atoms with Crippen LogP contribution in [0.1, 0.15) is 13.3 Å². The second-order valence-corrected chi connectivity index (χ2v) is 4.19. The molecule has 0 fully saturated rings. The summed E-state index contributed by atoms with van der Waals surface area (Å²) in [5, 5.41) is 8.41. The van der Waals surface area contributed by atoms with E-state index in [1.54, 1.807) is 0 Å². The Kier molecular flexibility index (Phi) is 6.14. The van der Waals surface area contributed by atoms with E-state index in [-0.39, 0.29) is 12.2 Å². The van der Waals surface area contributed by atoms with E-state index in [9.17, 15) is 13.6 Å². The highest BCUT2D eigenvalue weighted by Gasteiger charge is 2.06. The third-order valence-corrected chi connectivity index (χ3v) is 2.44. The minimum atomic E-state index is -1.01. The summed E-state index contributed by atoms with van der Waals surface area (Å²) in [7, 11) is 0. The van der Waals surface area contributed by atoms with Crippen LogP contribution in [0.3, 0.4) is 0 Å². The van der Waals surface area contributed by atoms with Crippen molar-refractivity contribution in [1.29, 1.82) is 0 Å².